The summed E-state index contributed by atoms with van der Waals surface area (Å²) in [7, 11) is 1.60. The number of methoxy groups -OCH3 is 1. The van der Waals surface area contributed by atoms with Gasteiger partial charge >= 0.3 is 0 Å². The first kappa shape index (κ1) is 21.1. The highest BCUT2D eigenvalue weighted by molar-refractivity contribution is 8.00. The number of thioether (sulfide) groups is 1. The van der Waals surface area contributed by atoms with E-state index in [0.717, 1.165) is 25.6 Å². The van der Waals surface area contributed by atoms with Crippen LogP contribution in [0.2, 0.25) is 0 Å². The number of oxazole rings is 1. The summed E-state index contributed by atoms with van der Waals surface area (Å²) >= 11 is 4.69. The van der Waals surface area contributed by atoms with Crippen LogP contribution in [0.4, 0.5) is 0 Å². The molecule has 4 aromatic heterocycles. The van der Waals surface area contributed by atoms with E-state index in [4.69, 9.17) is 18.9 Å². The van der Waals surface area contributed by atoms with Crippen LogP contribution in [0.15, 0.2) is 62.8 Å². The zero-order valence-corrected chi connectivity index (χ0v) is 20.5. The Morgan fingerprint density at radius 3 is 2.76 bits per heavy atom. The Balaban J connectivity index is 1.31. The lowest BCUT2D eigenvalue weighted by Crippen LogP contribution is -1.99. The summed E-state index contributed by atoms with van der Waals surface area (Å²) in [5.74, 6) is 1.48. The lowest BCUT2D eigenvalue weighted by Gasteiger charge is -2.09. The highest BCUT2D eigenvalue weighted by Gasteiger charge is 2.20. The molecule has 6 aromatic rings. The van der Waals surface area contributed by atoms with Gasteiger partial charge in [-0.15, -0.1) is 16.4 Å². The fourth-order valence-electron chi connectivity index (χ4n) is 3.46. The van der Waals surface area contributed by atoms with Gasteiger partial charge in [0.1, 0.15) is 17.3 Å². The van der Waals surface area contributed by atoms with Gasteiger partial charge in [0.05, 0.1) is 19.0 Å². The second-order valence-corrected chi connectivity index (χ2v) is 10.1. The third kappa shape index (κ3) is 3.81. The molecular weight excluding hydrogens is 490 g/mol. The SMILES string of the molecule is COc1ccc2oc(-c3cn4nc(SC)sc4n3)nc2c1OCc1csc(-c2ccccc2)n1. The van der Waals surface area contributed by atoms with Gasteiger partial charge in [0.15, 0.2) is 26.9 Å². The first-order chi connectivity index (χ1) is 16.7. The number of benzene rings is 2. The van der Waals surface area contributed by atoms with Crippen molar-refractivity contribution in [3.63, 3.8) is 0 Å². The number of thiazole rings is 1. The van der Waals surface area contributed by atoms with E-state index in [0.29, 0.717) is 34.2 Å². The first-order valence-corrected chi connectivity index (χ1v) is 13.1. The van der Waals surface area contributed by atoms with E-state index in [1.54, 1.807) is 40.8 Å². The van der Waals surface area contributed by atoms with Crippen molar-refractivity contribution < 1.29 is 13.9 Å². The second kappa shape index (κ2) is 8.75. The Bertz CT molecular complexity index is 1570. The number of aromatic nitrogens is 5. The summed E-state index contributed by atoms with van der Waals surface area (Å²) in [5.41, 5.74) is 3.68. The molecule has 11 heteroatoms. The minimum atomic E-state index is 0.280. The molecule has 0 radical (unpaired) electrons. The molecule has 0 fully saturated rings. The molecule has 34 heavy (non-hydrogen) atoms. The highest BCUT2D eigenvalue weighted by atomic mass is 32.2. The van der Waals surface area contributed by atoms with Crippen molar-refractivity contribution in [2.45, 2.75) is 10.9 Å². The first-order valence-electron chi connectivity index (χ1n) is 10.2. The Morgan fingerprint density at radius 2 is 1.97 bits per heavy atom. The van der Waals surface area contributed by atoms with E-state index < -0.39 is 0 Å². The summed E-state index contributed by atoms with van der Waals surface area (Å²) < 4.78 is 20.4. The third-order valence-corrected chi connectivity index (χ3v) is 7.89. The van der Waals surface area contributed by atoms with E-state index in [1.807, 2.05) is 54.2 Å². The van der Waals surface area contributed by atoms with Crippen LogP contribution in [-0.4, -0.2) is 37.9 Å². The molecule has 170 valence electrons. The van der Waals surface area contributed by atoms with E-state index in [1.165, 1.54) is 11.3 Å². The summed E-state index contributed by atoms with van der Waals surface area (Å²) in [4.78, 5) is 14.8. The normalized spacial score (nSPS) is 11.5. The van der Waals surface area contributed by atoms with Crippen molar-refractivity contribution in [1.82, 2.24) is 24.6 Å². The molecule has 0 aliphatic rings. The summed E-state index contributed by atoms with van der Waals surface area (Å²) in [6, 6.07) is 13.7. The molecule has 2 aromatic carbocycles. The maximum absolute atomic E-state index is 6.16. The molecule has 0 saturated carbocycles. The van der Waals surface area contributed by atoms with Gasteiger partial charge in [-0.25, -0.2) is 19.5 Å². The van der Waals surface area contributed by atoms with Gasteiger partial charge < -0.3 is 13.9 Å². The molecule has 0 atom stereocenters. The number of nitrogens with zero attached hydrogens (tertiary/aromatic N) is 5. The Labute approximate surface area is 206 Å². The monoisotopic (exact) mass is 507 g/mol. The van der Waals surface area contributed by atoms with Gasteiger partial charge in [0, 0.05) is 10.9 Å². The number of ether oxygens (including phenoxy) is 2. The van der Waals surface area contributed by atoms with E-state index >= 15 is 0 Å². The summed E-state index contributed by atoms with van der Waals surface area (Å²) in [6.07, 6.45) is 3.80. The predicted molar refractivity (Wildman–Crippen MR) is 134 cm³/mol. The van der Waals surface area contributed by atoms with Crippen LogP contribution in [0.3, 0.4) is 0 Å². The molecule has 0 aliphatic carbocycles. The van der Waals surface area contributed by atoms with E-state index in [2.05, 4.69) is 15.1 Å². The van der Waals surface area contributed by atoms with Crippen LogP contribution in [0.1, 0.15) is 5.69 Å². The Kier molecular flexibility index (Phi) is 5.44. The molecule has 0 N–H and O–H groups in total. The topological polar surface area (TPSA) is 87.6 Å². The third-order valence-electron chi connectivity index (χ3n) is 5.05. The van der Waals surface area contributed by atoms with Crippen molar-refractivity contribution >= 4 is 50.5 Å². The predicted octanol–water partition coefficient (Wildman–Crippen LogP) is 6.03. The molecule has 0 aliphatic heterocycles. The quantitative estimate of drug-likeness (QED) is 0.242. The van der Waals surface area contributed by atoms with Crippen LogP contribution < -0.4 is 9.47 Å². The maximum Gasteiger partial charge on any atom is 0.248 e. The largest absolute Gasteiger partial charge is 0.493 e. The van der Waals surface area contributed by atoms with Crippen molar-refractivity contribution in [1.29, 1.82) is 0 Å². The van der Waals surface area contributed by atoms with Gasteiger partial charge in [-0.1, -0.05) is 53.4 Å². The minimum absolute atomic E-state index is 0.280. The molecular formula is C23H17N5O3S3. The highest BCUT2D eigenvalue weighted by Crippen LogP contribution is 2.38. The number of hydrogen-bond donors (Lipinski definition) is 0. The van der Waals surface area contributed by atoms with Crippen molar-refractivity contribution in [3.8, 4) is 33.7 Å². The minimum Gasteiger partial charge on any atom is -0.493 e. The van der Waals surface area contributed by atoms with Crippen LogP contribution in [0.25, 0.3) is 38.2 Å². The summed E-state index contributed by atoms with van der Waals surface area (Å²) in [5, 5.41) is 7.43. The molecule has 0 spiro atoms. The standard InChI is InChI=1S/C23H17N5O3S3/c1-29-17-9-8-16-18(26-20(31-16)15-10-28-22(25-15)34-23(27-28)32-2)19(17)30-11-14-12-33-21(24-14)13-6-4-3-5-7-13/h3-10,12H,11H2,1-2H3. The fraction of sp³-hybridized carbons (Fsp3) is 0.130. The fourth-order valence-corrected chi connectivity index (χ4v) is 5.61. The van der Waals surface area contributed by atoms with E-state index in [-0.39, 0.29) is 6.61 Å². The van der Waals surface area contributed by atoms with Gasteiger partial charge in [0.25, 0.3) is 0 Å². The average molecular weight is 508 g/mol. The zero-order chi connectivity index (χ0) is 23.1. The molecule has 0 amide bonds. The number of fused-ring (bicyclic) bond motifs is 2. The van der Waals surface area contributed by atoms with Crippen LogP contribution >= 0.6 is 34.4 Å². The Hall–Kier alpha value is -3.41. The number of rotatable bonds is 7. The van der Waals surface area contributed by atoms with Crippen LogP contribution in [0.5, 0.6) is 11.5 Å². The molecule has 0 bridgehead atoms. The molecule has 6 rings (SSSR count). The van der Waals surface area contributed by atoms with Crippen LogP contribution in [-0.2, 0) is 6.61 Å². The number of imidazole rings is 1. The lowest BCUT2D eigenvalue weighted by atomic mass is 10.2. The van der Waals surface area contributed by atoms with E-state index in [9.17, 15) is 0 Å². The van der Waals surface area contributed by atoms with Crippen LogP contribution in [0, 0.1) is 0 Å². The van der Waals surface area contributed by atoms with Gasteiger partial charge in [-0.3, -0.25) is 0 Å². The maximum atomic E-state index is 6.16. The van der Waals surface area contributed by atoms with Gasteiger partial charge in [0.2, 0.25) is 10.9 Å². The molecule has 0 saturated heterocycles. The number of hydrogen-bond acceptors (Lipinski definition) is 10. The summed E-state index contributed by atoms with van der Waals surface area (Å²) in [6.45, 7) is 0.280. The molecule has 8 nitrogen and oxygen atoms in total. The van der Waals surface area contributed by atoms with Gasteiger partial charge in [-0.2, -0.15) is 0 Å². The van der Waals surface area contributed by atoms with Crippen molar-refractivity contribution in [3.05, 3.63) is 59.7 Å². The molecule has 4 heterocycles. The second-order valence-electron chi connectivity index (χ2n) is 7.19. The Morgan fingerprint density at radius 1 is 1.09 bits per heavy atom. The zero-order valence-electron chi connectivity index (χ0n) is 18.1. The smallest absolute Gasteiger partial charge is 0.248 e. The van der Waals surface area contributed by atoms with Crippen molar-refractivity contribution in [2.24, 2.45) is 0 Å². The molecule has 0 unspecified atom stereocenters. The lowest BCUT2D eigenvalue weighted by molar-refractivity contribution is 0.284. The van der Waals surface area contributed by atoms with Crippen molar-refractivity contribution in [2.75, 3.05) is 13.4 Å². The van der Waals surface area contributed by atoms with Gasteiger partial charge in [-0.05, 0) is 18.4 Å². The average Bonchev–Trinajstić information content (AvgIpc) is 3.65.